The molecule has 1 aromatic rings. The summed E-state index contributed by atoms with van der Waals surface area (Å²) < 4.78 is 0.881. The van der Waals surface area contributed by atoms with Crippen LogP contribution in [0.1, 0.15) is 24.1 Å². The summed E-state index contributed by atoms with van der Waals surface area (Å²) in [6, 6.07) is 4.09. The largest absolute Gasteiger partial charge is 0.330 e. The van der Waals surface area contributed by atoms with Crippen LogP contribution < -0.4 is 5.73 Å². The molecular formula is C12H19ClN2S. The van der Waals surface area contributed by atoms with Crippen LogP contribution in [-0.4, -0.2) is 25.0 Å². The number of hydrogen-bond donors (Lipinski definition) is 1. The average Bonchev–Trinajstić information content (AvgIpc) is 2.82. The molecule has 1 saturated carbocycles. The summed E-state index contributed by atoms with van der Waals surface area (Å²) in [7, 11) is 2.18. The van der Waals surface area contributed by atoms with Crippen LogP contribution in [0.3, 0.4) is 0 Å². The van der Waals surface area contributed by atoms with Crippen LogP contribution in [0.4, 0.5) is 0 Å². The molecule has 1 aromatic heterocycles. The van der Waals surface area contributed by atoms with E-state index in [0.717, 1.165) is 17.4 Å². The Kier molecular flexibility index (Phi) is 3.90. The normalized spacial score (nSPS) is 18.0. The summed E-state index contributed by atoms with van der Waals surface area (Å²) in [6.45, 7) is 2.99. The summed E-state index contributed by atoms with van der Waals surface area (Å²) in [5.41, 5.74) is 6.18. The van der Waals surface area contributed by atoms with Gasteiger partial charge in [-0.15, -0.1) is 11.3 Å². The lowest BCUT2D eigenvalue weighted by molar-refractivity contribution is 0.250. The van der Waals surface area contributed by atoms with E-state index in [2.05, 4.69) is 18.0 Å². The van der Waals surface area contributed by atoms with Crippen molar-refractivity contribution in [2.75, 3.05) is 20.1 Å². The maximum atomic E-state index is 5.92. The Labute approximate surface area is 106 Å². The summed E-state index contributed by atoms with van der Waals surface area (Å²) in [5, 5.41) is 0. The Bertz CT molecular complexity index is 347. The van der Waals surface area contributed by atoms with E-state index < -0.39 is 0 Å². The number of halogens is 1. The molecule has 0 spiro atoms. The molecule has 0 atom stereocenters. The lowest BCUT2D eigenvalue weighted by Gasteiger charge is -2.22. The third kappa shape index (κ3) is 3.20. The van der Waals surface area contributed by atoms with Crippen molar-refractivity contribution < 1.29 is 0 Å². The zero-order chi connectivity index (χ0) is 11.6. The van der Waals surface area contributed by atoms with E-state index >= 15 is 0 Å². The van der Waals surface area contributed by atoms with Crippen molar-refractivity contribution in [1.29, 1.82) is 0 Å². The van der Waals surface area contributed by atoms with Gasteiger partial charge in [0.1, 0.15) is 0 Å². The summed E-state index contributed by atoms with van der Waals surface area (Å²) in [6.07, 6.45) is 3.86. The quantitative estimate of drug-likeness (QED) is 0.850. The van der Waals surface area contributed by atoms with Gasteiger partial charge in [-0.05, 0) is 50.4 Å². The van der Waals surface area contributed by atoms with Crippen molar-refractivity contribution in [3.05, 3.63) is 21.3 Å². The maximum Gasteiger partial charge on any atom is 0.0931 e. The Balaban J connectivity index is 1.82. The van der Waals surface area contributed by atoms with Crippen molar-refractivity contribution in [2.45, 2.75) is 25.8 Å². The van der Waals surface area contributed by atoms with Gasteiger partial charge in [0.05, 0.1) is 4.34 Å². The van der Waals surface area contributed by atoms with Gasteiger partial charge in [-0.25, -0.2) is 0 Å². The van der Waals surface area contributed by atoms with E-state index in [1.165, 1.54) is 30.7 Å². The highest BCUT2D eigenvalue weighted by atomic mass is 35.5. The van der Waals surface area contributed by atoms with Crippen molar-refractivity contribution in [3.63, 3.8) is 0 Å². The molecule has 2 rings (SSSR count). The standard InChI is InChI=1S/C12H19ClN2S/c1-15(8-10-2-3-11(13)16-10)9-12(4-5-12)6-7-14/h2-3H,4-9,14H2,1H3. The van der Waals surface area contributed by atoms with Gasteiger partial charge in [0.2, 0.25) is 0 Å². The highest BCUT2D eigenvalue weighted by Gasteiger charge is 2.42. The number of nitrogens with zero attached hydrogens (tertiary/aromatic N) is 1. The molecule has 16 heavy (non-hydrogen) atoms. The van der Waals surface area contributed by atoms with Crippen LogP contribution in [0, 0.1) is 5.41 Å². The highest BCUT2D eigenvalue weighted by molar-refractivity contribution is 7.16. The van der Waals surface area contributed by atoms with Gasteiger partial charge in [-0.3, -0.25) is 0 Å². The van der Waals surface area contributed by atoms with E-state index in [-0.39, 0.29) is 0 Å². The van der Waals surface area contributed by atoms with Crippen molar-refractivity contribution in [3.8, 4) is 0 Å². The fourth-order valence-electron chi connectivity index (χ4n) is 2.30. The first-order valence-electron chi connectivity index (χ1n) is 5.76. The lowest BCUT2D eigenvalue weighted by Crippen LogP contribution is -2.27. The molecule has 4 heteroatoms. The smallest absolute Gasteiger partial charge is 0.0931 e. The minimum Gasteiger partial charge on any atom is -0.330 e. The van der Waals surface area contributed by atoms with Crippen LogP contribution in [0.25, 0.3) is 0 Å². The second-order valence-electron chi connectivity index (χ2n) is 4.92. The zero-order valence-electron chi connectivity index (χ0n) is 9.71. The van der Waals surface area contributed by atoms with E-state index in [1.807, 2.05) is 6.07 Å². The molecule has 0 saturated heterocycles. The third-order valence-corrected chi connectivity index (χ3v) is 4.51. The van der Waals surface area contributed by atoms with Gasteiger partial charge in [0.25, 0.3) is 0 Å². The number of nitrogens with two attached hydrogens (primary N) is 1. The molecule has 1 aliphatic carbocycles. The monoisotopic (exact) mass is 258 g/mol. The Morgan fingerprint density at radius 2 is 2.25 bits per heavy atom. The lowest BCUT2D eigenvalue weighted by atomic mass is 10.0. The van der Waals surface area contributed by atoms with Gasteiger partial charge in [-0.2, -0.15) is 0 Å². The summed E-state index contributed by atoms with van der Waals surface area (Å²) in [5.74, 6) is 0. The molecule has 0 amide bonds. The first-order valence-corrected chi connectivity index (χ1v) is 6.96. The second kappa shape index (κ2) is 5.05. The Morgan fingerprint density at radius 3 is 2.75 bits per heavy atom. The molecule has 2 N–H and O–H groups in total. The van der Waals surface area contributed by atoms with E-state index in [9.17, 15) is 0 Å². The Hall–Kier alpha value is -0.0900. The van der Waals surface area contributed by atoms with Crippen molar-refractivity contribution in [1.82, 2.24) is 4.90 Å². The highest BCUT2D eigenvalue weighted by Crippen LogP contribution is 2.49. The minimum absolute atomic E-state index is 0.532. The number of thiophene rings is 1. The number of hydrogen-bond acceptors (Lipinski definition) is 3. The predicted molar refractivity (Wildman–Crippen MR) is 71.0 cm³/mol. The zero-order valence-corrected chi connectivity index (χ0v) is 11.3. The third-order valence-electron chi connectivity index (χ3n) is 3.29. The fraction of sp³-hybridized carbons (Fsp3) is 0.667. The van der Waals surface area contributed by atoms with Crippen LogP contribution in [-0.2, 0) is 6.54 Å². The van der Waals surface area contributed by atoms with Crippen LogP contribution >= 0.6 is 22.9 Å². The van der Waals surface area contributed by atoms with Crippen molar-refractivity contribution in [2.24, 2.45) is 11.1 Å². The van der Waals surface area contributed by atoms with Gasteiger partial charge in [0.15, 0.2) is 0 Å². The second-order valence-corrected chi connectivity index (χ2v) is 6.72. The first-order chi connectivity index (χ1) is 7.63. The summed E-state index contributed by atoms with van der Waals surface area (Å²) >= 11 is 7.60. The maximum absolute atomic E-state index is 5.92. The van der Waals surface area contributed by atoms with Gasteiger partial charge >= 0.3 is 0 Å². The van der Waals surface area contributed by atoms with Gasteiger partial charge in [0, 0.05) is 18.0 Å². The molecular weight excluding hydrogens is 240 g/mol. The van der Waals surface area contributed by atoms with Gasteiger partial charge in [-0.1, -0.05) is 11.6 Å². The van der Waals surface area contributed by atoms with Crippen LogP contribution in [0.5, 0.6) is 0 Å². The number of rotatable bonds is 6. The Morgan fingerprint density at radius 1 is 1.50 bits per heavy atom. The molecule has 0 unspecified atom stereocenters. The molecule has 0 aliphatic heterocycles. The van der Waals surface area contributed by atoms with Gasteiger partial charge < -0.3 is 10.6 Å². The minimum atomic E-state index is 0.532. The average molecular weight is 259 g/mol. The predicted octanol–water partition coefficient (Wildman–Crippen LogP) is 2.96. The molecule has 2 nitrogen and oxygen atoms in total. The molecule has 90 valence electrons. The topological polar surface area (TPSA) is 29.3 Å². The first kappa shape index (κ1) is 12.4. The molecule has 0 bridgehead atoms. The molecule has 1 aliphatic rings. The van der Waals surface area contributed by atoms with E-state index in [1.54, 1.807) is 11.3 Å². The fourth-order valence-corrected chi connectivity index (χ4v) is 3.47. The van der Waals surface area contributed by atoms with E-state index in [0.29, 0.717) is 5.41 Å². The molecule has 0 aromatic carbocycles. The van der Waals surface area contributed by atoms with Crippen LogP contribution in [0.15, 0.2) is 12.1 Å². The SMILES string of the molecule is CN(Cc1ccc(Cl)s1)CC1(CCN)CC1. The summed E-state index contributed by atoms with van der Waals surface area (Å²) in [4.78, 5) is 3.74. The van der Waals surface area contributed by atoms with E-state index in [4.69, 9.17) is 17.3 Å². The molecule has 1 fully saturated rings. The van der Waals surface area contributed by atoms with Crippen molar-refractivity contribution >= 4 is 22.9 Å². The molecule has 1 heterocycles. The molecule has 0 radical (unpaired) electrons. The van der Waals surface area contributed by atoms with Crippen LogP contribution in [0.2, 0.25) is 4.34 Å².